The van der Waals surface area contributed by atoms with E-state index >= 15 is 0 Å². The van der Waals surface area contributed by atoms with Crippen LogP contribution in [0.2, 0.25) is 0 Å². The Kier molecular flexibility index (Phi) is 4.11. The van der Waals surface area contributed by atoms with Crippen molar-refractivity contribution < 1.29 is 4.39 Å². The molecule has 0 aliphatic rings. The van der Waals surface area contributed by atoms with Gasteiger partial charge >= 0.3 is 0 Å². The molecular weight excluding hydrogens is 257 g/mol. The summed E-state index contributed by atoms with van der Waals surface area (Å²) >= 11 is 0. The maximum absolute atomic E-state index is 13.3. The minimum absolute atomic E-state index is 0.00591. The molecule has 0 aliphatic heterocycles. The summed E-state index contributed by atoms with van der Waals surface area (Å²) in [6.07, 6.45) is 1.45. The summed E-state index contributed by atoms with van der Waals surface area (Å²) in [5, 5.41) is 15.0. The van der Waals surface area contributed by atoms with Gasteiger partial charge in [-0.25, -0.2) is 14.4 Å². The van der Waals surface area contributed by atoms with Gasteiger partial charge in [0.25, 0.3) is 0 Å². The van der Waals surface area contributed by atoms with Gasteiger partial charge in [0, 0.05) is 17.8 Å². The first-order valence-corrected chi connectivity index (χ1v) is 6.17. The maximum atomic E-state index is 13.3. The highest BCUT2D eigenvalue weighted by atomic mass is 19.1. The van der Waals surface area contributed by atoms with E-state index in [1.54, 1.807) is 6.07 Å². The van der Waals surface area contributed by atoms with Crippen LogP contribution in [0.4, 0.5) is 21.7 Å². The van der Waals surface area contributed by atoms with Crippen molar-refractivity contribution in [3.8, 4) is 6.07 Å². The lowest BCUT2D eigenvalue weighted by Gasteiger charge is -2.12. The summed E-state index contributed by atoms with van der Waals surface area (Å²) < 4.78 is 13.3. The van der Waals surface area contributed by atoms with E-state index in [0.717, 1.165) is 17.9 Å². The average Bonchev–Trinajstić information content (AvgIpc) is 2.45. The molecule has 0 atom stereocenters. The second-order valence-corrected chi connectivity index (χ2v) is 4.16. The number of aromatic nitrogens is 2. The summed E-state index contributed by atoms with van der Waals surface area (Å²) in [6.45, 7) is 4.62. The first kappa shape index (κ1) is 13.7. The molecule has 0 fully saturated rings. The van der Waals surface area contributed by atoms with Crippen LogP contribution in [0.15, 0.2) is 24.5 Å². The van der Waals surface area contributed by atoms with Crippen LogP contribution in [0, 0.1) is 24.1 Å². The molecule has 102 valence electrons. The normalized spacial score (nSPS) is 9.90. The lowest BCUT2D eigenvalue weighted by atomic mass is 10.2. The van der Waals surface area contributed by atoms with Crippen LogP contribution in [0.25, 0.3) is 0 Å². The number of benzene rings is 1. The van der Waals surface area contributed by atoms with Gasteiger partial charge in [-0.05, 0) is 32.0 Å². The number of nitrogens with one attached hydrogen (secondary N) is 2. The Morgan fingerprint density at radius 2 is 2.05 bits per heavy atom. The molecular formula is C14H14FN5. The predicted octanol–water partition coefficient (Wildman–Crippen LogP) is 2.97. The molecule has 1 aromatic heterocycles. The molecule has 0 unspecified atom stereocenters. The minimum Gasteiger partial charge on any atom is -0.370 e. The minimum atomic E-state index is -0.536. The third-order valence-corrected chi connectivity index (χ3v) is 2.78. The van der Waals surface area contributed by atoms with Gasteiger partial charge in [-0.3, -0.25) is 0 Å². The van der Waals surface area contributed by atoms with Gasteiger partial charge in [0.05, 0.1) is 5.56 Å². The van der Waals surface area contributed by atoms with Gasteiger partial charge < -0.3 is 10.6 Å². The molecule has 2 aromatic rings. The van der Waals surface area contributed by atoms with Crippen molar-refractivity contribution in [2.45, 2.75) is 13.8 Å². The monoisotopic (exact) mass is 271 g/mol. The highest BCUT2D eigenvalue weighted by molar-refractivity contribution is 5.65. The SMILES string of the molecule is CCNc1ncnc(Nc2ccc(F)c(C#N)c2)c1C. The second kappa shape index (κ2) is 5.97. The third kappa shape index (κ3) is 2.83. The van der Waals surface area contributed by atoms with Crippen LogP contribution in [0.5, 0.6) is 0 Å². The maximum Gasteiger partial charge on any atom is 0.141 e. The van der Waals surface area contributed by atoms with Gasteiger partial charge in [0.2, 0.25) is 0 Å². The van der Waals surface area contributed by atoms with Crippen LogP contribution < -0.4 is 10.6 Å². The molecule has 2 rings (SSSR count). The Balaban J connectivity index is 2.31. The quantitative estimate of drug-likeness (QED) is 0.894. The Hall–Kier alpha value is -2.68. The van der Waals surface area contributed by atoms with Crippen LogP contribution in [-0.4, -0.2) is 16.5 Å². The first-order valence-electron chi connectivity index (χ1n) is 6.17. The fraction of sp³-hybridized carbons (Fsp3) is 0.214. The molecule has 0 spiro atoms. The Labute approximate surface area is 116 Å². The van der Waals surface area contributed by atoms with Crippen LogP contribution in [0.1, 0.15) is 18.1 Å². The zero-order chi connectivity index (χ0) is 14.5. The molecule has 1 aromatic carbocycles. The van der Waals surface area contributed by atoms with Crippen molar-refractivity contribution in [2.75, 3.05) is 17.2 Å². The first-order chi connectivity index (χ1) is 9.65. The van der Waals surface area contributed by atoms with Crippen molar-refractivity contribution in [1.29, 1.82) is 5.26 Å². The van der Waals surface area contributed by atoms with E-state index in [-0.39, 0.29) is 5.56 Å². The summed E-state index contributed by atoms with van der Waals surface area (Å²) in [5.41, 5.74) is 1.46. The molecule has 1 heterocycles. The largest absolute Gasteiger partial charge is 0.370 e. The number of nitrogens with zero attached hydrogens (tertiary/aromatic N) is 3. The fourth-order valence-corrected chi connectivity index (χ4v) is 1.75. The van der Waals surface area contributed by atoms with Crippen LogP contribution in [0.3, 0.4) is 0 Å². The number of hydrogen-bond donors (Lipinski definition) is 2. The van der Waals surface area contributed by atoms with Gasteiger partial charge in [0.1, 0.15) is 29.8 Å². The van der Waals surface area contributed by atoms with E-state index in [1.165, 1.54) is 18.5 Å². The molecule has 5 nitrogen and oxygen atoms in total. The Morgan fingerprint density at radius 1 is 1.30 bits per heavy atom. The summed E-state index contributed by atoms with van der Waals surface area (Å²) in [6, 6.07) is 6.07. The topological polar surface area (TPSA) is 73.6 Å². The fourth-order valence-electron chi connectivity index (χ4n) is 1.75. The van der Waals surface area contributed by atoms with Crippen molar-refractivity contribution in [3.63, 3.8) is 0 Å². The third-order valence-electron chi connectivity index (χ3n) is 2.78. The average molecular weight is 271 g/mol. The number of halogens is 1. The molecule has 0 aliphatic carbocycles. The number of hydrogen-bond acceptors (Lipinski definition) is 5. The van der Waals surface area contributed by atoms with Crippen molar-refractivity contribution in [3.05, 3.63) is 41.5 Å². The van der Waals surface area contributed by atoms with Crippen molar-refractivity contribution in [2.24, 2.45) is 0 Å². The molecule has 2 N–H and O–H groups in total. The number of rotatable bonds is 4. The van der Waals surface area contributed by atoms with Crippen molar-refractivity contribution >= 4 is 17.3 Å². The lowest BCUT2D eigenvalue weighted by molar-refractivity contribution is 0.624. The van der Waals surface area contributed by atoms with E-state index in [2.05, 4.69) is 20.6 Å². The van der Waals surface area contributed by atoms with Crippen molar-refractivity contribution in [1.82, 2.24) is 9.97 Å². The van der Waals surface area contributed by atoms with Crippen LogP contribution in [-0.2, 0) is 0 Å². The Bertz CT molecular complexity index is 663. The zero-order valence-corrected chi connectivity index (χ0v) is 11.2. The highest BCUT2D eigenvalue weighted by Crippen LogP contribution is 2.23. The zero-order valence-electron chi connectivity index (χ0n) is 11.2. The molecule has 6 heteroatoms. The lowest BCUT2D eigenvalue weighted by Crippen LogP contribution is -2.05. The highest BCUT2D eigenvalue weighted by Gasteiger charge is 2.08. The Morgan fingerprint density at radius 3 is 2.75 bits per heavy atom. The molecule has 0 saturated carbocycles. The predicted molar refractivity (Wildman–Crippen MR) is 75.3 cm³/mol. The molecule has 0 bridgehead atoms. The summed E-state index contributed by atoms with van der Waals surface area (Å²) in [5.74, 6) is 0.824. The molecule has 20 heavy (non-hydrogen) atoms. The van der Waals surface area contributed by atoms with Gasteiger partial charge in [0.15, 0.2) is 0 Å². The van der Waals surface area contributed by atoms with E-state index in [1.807, 2.05) is 19.9 Å². The second-order valence-electron chi connectivity index (χ2n) is 4.16. The van der Waals surface area contributed by atoms with E-state index in [9.17, 15) is 4.39 Å². The van der Waals surface area contributed by atoms with Gasteiger partial charge in [-0.2, -0.15) is 5.26 Å². The van der Waals surface area contributed by atoms with Gasteiger partial charge in [-0.15, -0.1) is 0 Å². The summed E-state index contributed by atoms with van der Waals surface area (Å²) in [4.78, 5) is 8.30. The van der Waals surface area contributed by atoms with Crippen LogP contribution >= 0.6 is 0 Å². The van der Waals surface area contributed by atoms with E-state index in [0.29, 0.717) is 11.5 Å². The summed E-state index contributed by atoms with van der Waals surface area (Å²) in [7, 11) is 0. The number of nitriles is 1. The standard InChI is InChI=1S/C14H14FN5/c1-3-17-13-9(2)14(19-8-18-13)20-11-4-5-12(15)10(6-11)7-16/h4-6,8H,3H2,1-2H3,(H2,17,18,19,20). The van der Waals surface area contributed by atoms with E-state index < -0.39 is 5.82 Å². The number of anilines is 3. The molecule has 0 amide bonds. The van der Waals surface area contributed by atoms with E-state index in [4.69, 9.17) is 5.26 Å². The van der Waals surface area contributed by atoms with Gasteiger partial charge in [-0.1, -0.05) is 0 Å². The molecule has 0 radical (unpaired) electrons. The molecule has 0 saturated heterocycles. The smallest absolute Gasteiger partial charge is 0.141 e.